The smallest absolute Gasteiger partial charge is 0.421 e. The number of carboxylic acids is 1. The lowest BCUT2D eigenvalue weighted by molar-refractivity contribution is -0.140. The second-order valence-corrected chi connectivity index (χ2v) is 11.6. The summed E-state index contributed by atoms with van der Waals surface area (Å²) in [4.78, 5) is 24.1. The molecule has 6 nitrogen and oxygen atoms in total. The molecule has 0 radical (unpaired) electrons. The van der Waals surface area contributed by atoms with E-state index in [0.29, 0.717) is 29.5 Å². The predicted molar refractivity (Wildman–Crippen MR) is 135 cm³/mol. The predicted octanol–water partition coefficient (Wildman–Crippen LogP) is 7.82. The van der Waals surface area contributed by atoms with Crippen molar-refractivity contribution in [3.05, 3.63) is 45.8 Å². The highest BCUT2D eigenvalue weighted by atomic mass is 35.5. The number of carbonyl (C=O) groups excluding carboxylic acids is 1. The molecule has 37 heavy (non-hydrogen) atoms. The number of nitrogens with one attached hydrogen (secondary N) is 1. The molecule has 2 N–H and O–H groups in total. The van der Waals surface area contributed by atoms with Gasteiger partial charge in [0.1, 0.15) is 5.56 Å². The highest BCUT2D eigenvalue weighted by molar-refractivity contribution is 6.33. The summed E-state index contributed by atoms with van der Waals surface area (Å²) in [6.45, 7) is 8.24. The fourth-order valence-corrected chi connectivity index (χ4v) is 5.33. The number of rotatable bonds is 10. The van der Waals surface area contributed by atoms with Crippen molar-refractivity contribution < 1.29 is 32.4 Å². The quantitative estimate of drug-likeness (QED) is 0.319. The number of nitrogens with zero attached hydrogens (tertiary/aromatic N) is 1. The minimum Gasteiger partial charge on any atom is -0.481 e. The Kier molecular flexibility index (Phi) is 8.98. The number of hydrogen-bond acceptors (Lipinski definition) is 4. The molecule has 2 aromatic rings. The number of carbonyl (C=O) groups is 2. The number of anilines is 1. The van der Waals surface area contributed by atoms with E-state index in [1.54, 1.807) is 18.2 Å². The SMILES string of the molecule is CCc1ccc(NC(=O)CC(CCC(=O)O)c2noc(C3CC(CC(C)(C)C)C3)c2C(F)(F)F)c(Cl)c1. The molecule has 3 rings (SSSR count). The van der Waals surface area contributed by atoms with E-state index in [1.807, 2.05) is 6.92 Å². The summed E-state index contributed by atoms with van der Waals surface area (Å²) in [5, 5.41) is 15.9. The van der Waals surface area contributed by atoms with Crippen LogP contribution in [0.25, 0.3) is 0 Å². The number of hydrogen-bond donors (Lipinski definition) is 2. The number of halogens is 4. The zero-order chi connectivity index (χ0) is 27.5. The molecule has 1 unspecified atom stereocenters. The Bertz CT molecular complexity index is 1120. The normalized spacial score (nSPS) is 18.8. The van der Waals surface area contributed by atoms with Crippen LogP contribution in [0.5, 0.6) is 0 Å². The standard InChI is InChI=1S/C27H34ClF3N2O4/c1-5-15-6-8-20(19(28)12-15)32-21(34)13-17(7-9-22(35)36)24-23(27(29,30)31)25(37-33-24)18-10-16(11-18)14-26(2,3)4/h6,8,12,16-18H,5,7,9-11,13-14H2,1-4H3,(H,32,34)(H,35,36). The summed E-state index contributed by atoms with van der Waals surface area (Å²) in [6.07, 6.45) is -2.98. The lowest BCUT2D eigenvalue weighted by Crippen LogP contribution is -2.27. The van der Waals surface area contributed by atoms with E-state index in [-0.39, 0.29) is 17.6 Å². The van der Waals surface area contributed by atoms with Crippen molar-refractivity contribution in [1.82, 2.24) is 5.16 Å². The van der Waals surface area contributed by atoms with Gasteiger partial charge in [0.25, 0.3) is 0 Å². The Balaban J connectivity index is 1.84. The second-order valence-electron chi connectivity index (χ2n) is 11.2. The molecule has 204 valence electrons. The zero-order valence-corrected chi connectivity index (χ0v) is 22.3. The summed E-state index contributed by atoms with van der Waals surface area (Å²) in [5.74, 6) is -3.18. The molecule has 0 spiro atoms. The number of amides is 1. The third kappa shape index (κ3) is 7.72. The van der Waals surface area contributed by atoms with Gasteiger partial charge in [0.05, 0.1) is 16.4 Å². The van der Waals surface area contributed by atoms with Crippen LogP contribution in [0.15, 0.2) is 22.7 Å². The van der Waals surface area contributed by atoms with Crippen LogP contribution in [-0.4, -0.2) is 22.1 Å². The largest absolute Gasteiger partial charge is 0.481 e. The molecule has 1 aromatic heterocycles. The minimum absolute atomic E-state index is 0.0735. The first kappa shape index (κ1) is 29.0. The maximum Gasteiger partial charge on any atom is 0.421 e. The van der Waals surface area contributed by atoms with E-state index in [9.17, 15) is 27.9 Å². The van der Waals surface area contributed by atoms with E-state index in [0.717, 1.165) is 18.4 Å². The lowest BCUT2D eigenvalue weighted by Gasteiger charge is -2.38. The van der Waals surface area contributed by atoms with Crippen LogP contribution >= 0.6 is 11.6 Å². The van der Waals surface area contributed by atoms with E-state index in [1.165, 1.54) is 0 Å². The van der Waals surface area contributed by atoms with Gasteiger partial charge in [-0.25, -0.2) is 0 Å². The van der Waals surface area contributed by atoms with Gasteiger partial charge in [0, 0.05) is 24.7 Å². The van der Waals surface area contributed by atoms with Crippen LogP contribution in [0.2, 0.25) is 5.02 Å². The fourth-order valence-electron chi connectivity index (χ4n) is 5.08. The lowest BCUT2D eigenvalue weighted by atomic mass is 9.67. The molecular formula is C27H34ClF3N2O4. The number of alkyl halides is 3. The molecule has 1 aliphatic rings. The molecule has 0 aliphatic heterocycles. The third-order valence-electron chi connectivity index (χ3n) is 6.78. The summed E-state index contributed by atoms with van der Waals surface area (Å²) < 4.78 is 48.1. The maximum atomic E-state index is 14.3. The Hall–Kier alpha value is -2.55. The molecule has 0 bridgehead atoms. The summed E-state index contributed by atoms with van der Waals surface area (Å²) in [6, 6.07) is 5.13. The molecule has 1 saturated carbocycles. The molecule has 1 fully saturated rings. The van der Waals surface area contributed by atoms with Gasteiger partial charge in [0.15, 0.2) is 5.76 Å². The average Bonchev–Trinajstić information content (AvgIpc) is 3.19. The molecule has 1 amide bonds. The number of aliphatic carboxylic acids is 1. The van der Waals surface area contributed by atoms with Crippen LogP contribution in [0.4, 0.5) is 18.9 Å². The van der Waals surface area contributed by atoms with Crippen molar-refractivity contribution >= 4 is 29.2 Å². The van der Waals surface area contributed by atoms with Crippen molar-refractivity contribution in [3.63, 3.8) is 0 Å². The van der Waals surface area contributed by atoms with Gasteiger partial charge >= 0.3 is 12.1 Å². The highest BCUT2D eigenvalue weighted by Gasteiger charge is 2.47. The first-order valence-corrected chi connectivity index (χ1v) is 12.9. The minimum atomic E-state index is -4.75. The van der Waals surface area contributed by atoms with E-state index < -0.39 is 54.0 Å². The molecule has 1 aliphatic carbocycles. The summed E-state index contributed by atoms with van der Waals surface area (Å²) >= 11 is 6.24. The monoisotopic (exact) mass is 542 g/mol. The average molecular weight is 543 g/mol. The zero-order valence-electron chi connectivity index (χ0n) is 21.5. The van der Waals surface area contributed by atoms with Gasteiger partial charge in [-0.1, -0.05) is 50.5 Å². The molecule has 1 heterocycles. The summed E-state index contributed by atoms with van der Waals surface area (Å²) in [5.41, 5.74) is -0.0136. The van der Waals surface area contributed by atoms with Crippen molar-refractivity contribution in [2.45, 2.75) is 90.7 Å². The van der Waals surface area contributed by atoms with Gasteiger partial charge in [-0.2, -0.15) is 13.2 Å². The van der Waals surface area contributed by atoms with Gasteiger partial charge in [-0.15, -0.1) is 0 Å². The van der Waals surface area contributed by atoms with Gasteiger partial charge in [-0.3, -0.25) is 9.59 Å². The Morgan fingerprint density at radius 1 is 1.24 bits per heavy atom. The third-order valence-corrected chi connectivity index (χ3v) is 7.09. The van der Waals surface area contributed by atoms with Crippen LogP contribution in [0.3, 0.4) is 0 Å². The molecule has 1 atom stereocenters. The van der Waals surface area contributed by atoms with Crippen LogP contribution in [-0.2, 0) is 22.2 Å². The van der Waals surface area contributed by atoms with Crippen LogP contribution < -0.4 is 5.32 Å². The topological polar surface area (TPSA) is 92.4 Å². The van der Waals surface area contributed by atoms with Gasteiger partial charge < -0.3 is 14.9 Å². The van der Waals surface area contributed by atoms with Gasteiger partial charge in [-0.05, 0) is 61.1 Å². The summed E-state index contributed by atoms with van der Waals surface area (Å²) in [7, 11) is 0. The molecular weight excluding hydrogens is 509 g/mol. The van der Waals surface area contributed by atoms with Crippen molar-refractivity contribution in [2.75, 3.05) is 5.32 Å². The highest BCUT2D eigenvalue weighted by Crippen LogP contribution is 2.51. The van der Waals surface area contributed by atoms with E-state index >= 15 is 0 Å². The molecule has 10 heteroatoms. The number of aromatic nitrogens is 1. The van der Waals surface area contributed by atoms with Crippen LogP contribution in [0, 0.1) is 11.3 Å². The Labute approximate surface area is 219 Å². The Morgan fingerprint density at radius 3 is 2.46 bits per heavy atom. The van der Waals surface area contributed by atoms with Crippen molar-refractivity contribution in [3.8, 4) is 0 Å². The number of benzene rings is 1. The molecule has 0 saturated heterocycles. The fraction of sp³-hybridized carbons (Fsp3) is 0.593. The van der Waals surface area contributed by atoms with Gasteiger partial charge in [0.2, 0.25) is 5.91 Å². The maximum absolute atomic E-state index is 14.3. The second kappa shape index (κ2) is 11.5. The van der Waals surface area contributed by atoms with Crippen molar-refractivity contribution in [1.29, 1.82) is 0 Å². The first-order valence-electron chi connectivity index (χ1n) is 12.5. The first-order chi connectivity index (χ1) is 17.2. The van der Waals surface area contributed by atoms with E-state index in [4.69, 9.17) is 16.1 Å². The van der Waals surface area contributed by atoms with Crippen molar-refractivity contribution in [2.24, 2.45) is 11.3 Å². The number of carboxylic acid groups (broad SMARTS) is 1. The van der Waals surface area contributed by atoms with E-state index in [2.05, 4.69) is 31.2 Å². The molecule has 1 aromatic carbocycles. The Morgan fingerprint density at radius 2 is 1.92 bits per heavy atom. The number of aryl methyl sites for hydroxylation is 1. The van der Waals surface area contributed by atoms with Crippen LogP contribution in [0.1, 0.15) is 101 Å².